The van der Waals surface area contributed by atoms with Crippen molar-refractivity contribution in [3.63, 3.8) is 0 Å². The second-order valence-corrected chi connectivity index (χ2v) is 6.41. The number of hydrogen-bond acceptors (Lipinski definition) is 2. The van der Waals surface area contributed by atoms with Crippen LogP contribution in [0.2, 0.25) is 0 Å². The predicted molar refractivity (Wildman–Crippen MR) is 77.5 cm³/mol. The van der Waals surface area contributed by atoms with Gasteiger partial charge in [0.2, 0.25) is 5.91 Å². The molecule has 4 nitrogen and oxygen atoms in total. The topological polar surface area (TPSA) is 66.4 Å². The zero-order valence-electron chi connectivity index (χ0n) is 11.5. The summed E-state index contributed by atoms with van der Waals surface area (Å²) in [7, 11) is 0. The van der Waals surface area contributed by atoms with Gasteiger partial charge in [-0.3, -0.25) is 9.59 Å². The smallest absolute Gasteiger partial charge is 0.307 e. The van der Waals surface area contributed by atoms with E-state index in [4.69, 9.17) is 0 Å². The normalized spacial score (nSPS) is 34.1. The molecule has 1 aromatic carbocycles. The van der Waals surface area contributed by atoms with Gasteiger partial charge in [0.05, 0.1) is 11.8 Å². The van der Waals surface area contributed by atoms with Crippen molar-refractivity contribution >= 4 is 17.6 Å². The monoisotopic (exact) mass is 283 g/mol. The molecule has 3 aliphatic rings. The molecule has 2 N–H and O–H groups in total. The van der Waals surface area contributed by atoms with E-state index in [1.54, 1.807) is 0 Å². The van der Waals surface area contributed by atoms with Gasteiger partial charge in [-0.15, -0.1) is 0 Å². The van der Waals surface area contributed by atoms with Crippen LogP contribution in [0.3, 0.4) is 0 Å². The summed E-state index contributed by atoms with van der Waals surface area (Å²) in [4.78, 5) is 24.3. The van der Waals surface area contributed by atoms with Crippen LogP contribution in [-0.4, -0.2) is 17.0 Å². The molecular formula is C17H17NO3. The van der Waals surface area contributed by atoms with Crippen molar-refractivity contribution in [2.45, 2.75) is 12.8 Å². The van der Waals surface area contributed by atoms with Crippen molar-refractivity contribution in [3.8, 4) is 0 Å². The lowest BCUT2D eigenvalue weighted by atomic mass is 9.82. The van der Waals surface area contributed by atoms with E-state index in [0.29, 0.717) is 0 Å². The second kappa shape index (κ2) is 4.20. The highest BCUT2D eigenvalue weighted by atomic mass is 16.4. The van der Waals surface area contributed by atoms with Gasteiger partial charge < -0.3 is 10.4 Å². The summed E-state index contributed by atoms with van der Waals surface area (Å²) >= 11 is 0. The second-order valence-electron chi connectivity index (χ2n) is 6.41. The Morgan fingerprint density at radius 2 is 1.67 bits per heavy atom. The molecule has 2 fully saturated rings. The van der Waals surface area contributed by atoms with E-state index in [1.807, 2.05) is 36.4 Å². The molecule has 4 rings (SSSR count). The van der Waals surface area contributed by atoms with Crippen LogP contribution in [0.1, 0.15) is 12.8 Å². The third-order valence-electron chi connectivity index (χ3n) is 5.47. The standard InChI is InChI=1S/C17H17NO3/c19-15(18-10-4-2-1-3-5-10)13-11-6-7-12(14(13)16(20)21)17(11)8-9-17/h1-7,11-14H,8-9H2,(H,18,19)(H,20,21)/t11-,12-,13-,14+/m1/s1. The number of allylic oxidation sites excluding steroid dienone is 2. The Kier molecular flexibility index (Phi) is 2.52. The van der Waals surface area contributed by atoms with Crippen LogP contribution in [0.15, 0.2) is 42.5 Å². The summed E-state index contributed by atoms with van der Waals surface area (Å²) in [6.45, 7) is 0. The Morgan fingerprint density at radius 1 is 1.05 bits per heavy atom. The number of hydrogen-bond donors (Lipinski definition) is 2. The summed E-state index contributed by atoms with van der Waals surface area (Å²) < 4.78 is 0. The van der Waals surface area contributed by atoms with Crippen LogP contribution in [0.5, 0.6) is 0 Å². The Hall–Kier alpha value is -2.10. The number of rotatable bonds is 3. The van der Waals surface area contributed by atoms with Crippen LogP contribution in [-0.2, 0) is 9.59 Å². The van der Waals surface area contributed by atoms with Crippen LogP contribution in [0.25, 0.3) is 0 Å². The van der Waals surface area contributed by atoms with Gasteiger partial charge in [0.15, 0.2) is 0 Å². The molecule has 2 bridgehead atoms. The molecule has 1 spiro atoms. The Bertz CT molecular complexity index is 633. The van der Waals surface area contributed by atoms with Crippen molar-refractivity contribution < 1.29 is 14.7 Å². The molecule has 0 radical (unpaired) electrons. The van der Waals surface area contributed by atoms with Crippen molar-refractivity contribution in [2.24, 2.45) is 29.1 Å². The average molecular weight is 283 g/mol. The number of carbonyl (C=O) groups excluding carboxylic acids is 1. The number of nitrogens with one attached hydrogen (secondary N) is 1. The highest BCUT2D eigenvalue weighted by Crippen LogP contribution is 2.72. The summed E-state index contributed by atoms with van der Waals surface area (Å²) in [6, 6.07) is 9.24. The zero-order chi connectivity index (χ0) is 14.6. The van der Waals surface area contributed by atoms with E-state index >= 15 is 0 Å². The van der Waals surface area contributed by atoms with Gasteiger partial charge in [-0.25, -0.2) is 0 Å². The largest absolute Gasteiger partial charge is 0.481 e. The number of benzene rings is 1. The fourth-order valence-electron chi connectivity index (χ4n) is 4.44. The first-order valence-corrected chi connectivity index (χ1v) is 7.40. The first-order chi connectivity index (χ1) is 10.1. The molecule has 108 valence electrons. The molecule has 0 unspecified atom stereocenters. The van der Waals surface area contributed by atoms with Crippen molar-refractivity contribution in [2.75, 3.05) is 5.32 Å². The fourth-order valence-corrected chi connectivity index (χ4v) is 4.44. The molecule has 0 aliphatic heterocycles. The maximum atomic E-state index is 12.6. The maximum absolute atomic E-state index is 12.6. The van der Waals surface area contributed by atoms with E-state index in [9.17, 15) is 14.7 Å². The number of para-hydroxylation sites is 1. The van der Waals surface area contributed by atoms with Gasteiger partial charge in [-0.05, 0) is 42.2 Å². The lowest BCUT2D eigenvalue weighted by Crippen LogP contribution is -2.36. The molecule has 1 amide bonds. The SMILES string of the molecule is O=C(O)[C@@H]1[C@H](C(=O)Nc2ccccc2)[C@H]2C=C[C@H]1C21CC1. The Balaban J connectivity index is 1.63. The minimum Gasteiger partial charge on any atom is -0.481 e. The highest BCUT2D eigenvalue weighted by molar-refractivity contribution is 5.96. The minimum atomic E-state index is -0.841. The summed E-state index contributed by atoms with van der Waals surface area (Å²) in [6.07, 6.45) is 6.21. The molecule has 0 aromatic heterocycles. The Labute approximate surface area is 122 Å². The zero-order valence-corrected chi connectivity index (χ0v) is 11.5. The number of carboxylic acid groups (broad SMARTS) is 1. The number of carbonyl (C=O) groups is 2. The fraction of sp³-hybridized carbons (Fsp3) is 0.412. The third-order valence-corrected chi connectivity index (χ3v) is 5.47. The quantitative estimate of drug-likeness (QED) is 0.838. The number of anilines is 1. The van der Waals surface area contributed by atoms with Gasteiger partial charge in [0.25, 0.3) is 0 Å². The molecule has 3 aliphatic carbocycles. The summed E-state index contributed by atoms with van der Waals surface area (Å²) in [5, 5.41) is 12.4. The third kappa shape index (κ3) is 1.68. The van der Waals surface area contributed by atoms with Crippen LogP contribution >= 0.6 is 0 Å². The molecule has 0 saturated heterocycles. The van der Waals surface area contributed by atoms with E-state index < -0.39 is 17.8 Å². The van der Waals surface area contributed by atoms with Gasteiger partial charge in [-0.1, -0.05) is 30.4 Å². The predicted octanol–water partition coefficient (Wildman–Crippen LogP) is 2.54. The van der Waals surface area contributed by atoms with E-state index in [-0.39, 0.29) is 23.2 Å². The lowest BCUT2D eigenvalue weighted by Gasteiger charge is -2.23. The van der Waals surface area contributed by atoms with Gasteiger partial charge in [-0.2, -0.15) is 0 Å². The van der Waals surface area contributed by atoms with Crippen molar-refractivity contribution in [1.82, 2.24) is 0 Å². The first kappa shape index (κ1) is 12.6. The molecule has 2 saturated carbocycles. The number of carboxylic acids is 1. The van der Waals surface area contributed by atoms with Crippen molar-refractivity contribution in [3.05, 3.63) is 42.5 Å². The molecule has 1 aromatic rings. The Morgan fingerprint density at radius 3 is 2.24 bits per heavy atom. The molecule has 21 heavy (non-hydrogen) atoms. The molecule has 4 heteroatoms. The first-order valence-electron chi connectivity index (χ1n) is 7.40. The number of amides is 1. The van der Waals surface area contributed by atoms with Crippen LogP contribution < -0.4 is 5.32 Å². The van der Waals surface area contributed by atoms with Gasteiger partial charge in [0.1, 0.15) is 0 Å². The maximum Gasteiger partial charge on any atom is 0.307 e. The van der Waals surface area contributed by atoms with Gasteiger partial charge >= 0.3 is 5.97 Å². The average Bonchev–Trinajstić information content (AvgIpc) is 3.13. The summed E-state index contributed by atoms with van der Waals surface area (Å²) in [5.41, 5.74) is 0.796. The summed E-state index contributed by atoms with van der Waals surface area (Å²) in [5.74, 6) is -1.90. The van der Waals surface area contributed by atoms with Crippen LogP contribution in [0.4, 0.5) is 5.69 Å². The molecular weight excluding hydrogens is 266 g/mol. The molecule has 0 heterocycles. The lowest BCUT2D eigenvalue weighted by molar-refractivity contribution is -0.146. The highest BCUT2D eigenvalue weighted by Gasteiger charge is 2.70. The van der Waals surface area contributed by atoms with E-state index in [1.165, 1.54) is 0 Å². The van der Waals surface area contributed by atoms with E-state index in [2.05, 4.69) is 11.4 Å². The van der Waals surface area contributed by atoms with Gasteiger partial charge in [0, 0.05) is 5.69 Å². The molecule has 4 atom stereocenters. The van der Waals surface area contributed by atoms with Crippen molar-refractivity contribution in [1.29, 1.82) is 0 Å². The van der Waals surface area contributed by atoms with Crippen LogP contribution in [0, 0.1) is 29.1 Å². The minimum absolute atomic E-state index is 0.0338. The van der Waals surface area contributed by atoms with E-state index in [0.717, 1.165) is 18.5 Å². The number of aliphatic carboxylic acids is 1.